The van der Waals surface area contributed by atoms with E-state index in [2.05, 4.69) is 56.5 Å². The van der Waals surface area contributed by atoms with E-state index < -0.39 is 0 Å². The van der Waals surface area contributed by atoms with Gasteiger partial charge in [-0.1, -0.05) is 30.7 Å². The lowest BCUT2D eigenvalue weighted by atomic mass is 10.0. The van der Waals surface area contributed by atoms with Crippen molar-refractivity contribution in [1.29, 1.82) is 0 Å². The van der Waals surface area contributed by atoms with Gasteiger partial charge in [0.2, 0.25) is 5.91 Å². The van der Waals surface area contributed by atoms with Crippen molar-refractivity contribution in [2.45, 2.75) is 46.6 Å². The third-order valence-electron chi connectivity index (χ3n) is 3.28. The average Bonchev–Trinajstić information content (AvgIpc) is 2.35. The van der Waals surface area contributed by atoms with Crippen molar-refractivity contribution in [2.24, 2.45) is 0 Å². The van der Waals surface area contributed by atoms with Crippen molar-refractivity contribution in [2.75, 3.05) is 13.1 Å². The van der Waals surface area contributed by atoms with Gasteiger partial charge in [0.15, 0.2) is 0 Å². The molecule has 0 bridgehead atoms. The van der Waals surface area contributed by atoms with Crippen LogP contribution in [0.2, 0.25) is 0 Å². The molecule has 1 aromatic rings. The number of carbonyl (C=O) groups is 1. The third kappa shape index (κ3) is 6.92. The highest BCUT2D eigenvalue weighted by Crippen LogP contribution is 2.12. The molecule has 1 atom stereocenters. The van der Waals surface area contributed by atoms with Crippen molar-refractivity contribution in [3.8, 4) is 0 Å². The van der Waals surface area contributed by atoms with Crippen LogP contribution >= 0.6 is 12.4 Å². The first-order chi connectivity index (χ1) is 9.02. The van der Waals surface area contributed by atoms with Gasteiger partial charge >= 0.3 is 0 Å². The van der Waals surface area contributed by atoms with E-state index in [-0.39, 0.29) is 18.3 Å². The number of likely N-dealkylation sites (N-methyl/N-ethyl adjacent to an activating group) is 1. The summed E-state index contributed by atoms with van der Waals surface area (Å²) in [5.74, 6) is 0.129. The van der Waals surface area contributed by atoms with Crippen molar-refractivity contribution >= 4 is 18.3 Å². The number of amides is 1. The minimum Gasteiger partial charge on any atom is -0.355 e. The summed E-state index contributed by atoms with van der Waals surface area (Å²) in [5, 5.41) is 6.24. The smallest absolute Gasteiger partial charge is 0.220 e. The standard InChI is InChI=1S/C16H26N2O.ClH/c1-5-17-14(4)11-18-16(19)9-8-15-7-6-12(2)10-13(15)3;/h6-7,10,14,17H,5,8-9,11H2,1-4H3,(H,18,19);1H/t14-;/m1./s1. The maximum Gasteiger partial charge on any atom is 0.220 e. The summed E-state index contributed by atoms with van der Waals surface area (Å²) >= 11 is 0. The number of hydrogen-bond donors (Lipinski definition) is 2. The topological polar surface area (TPSA) is 41.1 Å². The molecule has 0 aliphatic rings. The first-order valence-corrected chi connectivity index (χ1v) is 7.09. The minimum atomic E-state index is 0. The van der Waals surface area contributed by atoms with Crippen molar-refractivity contribution in [3.63, 3.8) is 0 Å². The molecule has 0 radical (unpaired) electrons. The Balaban J connectivity index is 0.00000361. The Hall–Kier alpha value is -1.06. The van der Waals surface area contributed by atoms with E-state index in [9.17, 15) is 4.79 Å². The van der Waals surface area contributed by atoms with Crippen LogP contribution in [-0.4, -0.2) is 25.0 Å². The first-order valence-electron chi connectivity index (χ1n) is 7.09. The molecule has 2 N–H and O–H groups in total. The Kier molecular flexibility index (Phi) is 9.26. The fourth-order valence-electron chi connectivity index (χ4n) is 2.15. The Labute approximate surface area is 128 Å². The van der Waals surface area contributed by atoms with Crippen LogP contribution in [0.1, 0.15) is 37.0 Å². The van der Waals surface area contributed by atoms with Gasteiger partial charge in [-0.05, 0) is 44.9 Å². The van der Waals surface area contributed by atoms with Crippen LogP contribution < -0.4 is 10.6 Å². The first kappa shape index (κ1) is 18.9. The molecule has 0 saturated carbocycles. The molecule has 0 aromatic heterocycles. The SMILES string of the molecule is CCN[C@H](C)CNC(=O)CCc1ccc(C)cc1C.Cl. The lowest BCUT2D eigenvalue weighted by Gasteiger charge is -2.13. The Morgan fingerprint density at radius 3 is 2.60 bits per heavy atom. The van der Waals surface area contributed by atoms with Crippen LogP contribution in [0.15, 0.2) is 18.2 Å². The molecule has 0 saturated heterocycles. The van der Waals surface area contributed by atoms with Crippen molar-refractivity contribution in [1.82, 2.24) is 10.6 Å². The zero-order valence-corrected chi connectivity index (χ0v) is 13.8. The van der Waals surface area contributed by atoms with Crippen LogP contribution in [-0.2, 0) is 11.2 Å². The largest absolute Gasteiger partial charge is 0.355 e. The number of benzene rings is 1. The second kappa shape index (κ2) is 9.78. The van der Waals surface area contributed by atoms with Crippen molar-refractivity contribution < 1.29 is 4.79 Å². The predicted molar refractivity (Wildman–Crippen MR) is 87.6 cm³/mol. The highest BCUT2D eigenvalue weighted by molar-refractivity contribution is 5.85. The average molecular weight is 299 g/mol. The normalized spacial score (nSPS) is 11.6. The van der Waals surface area contributed by atoms with E-state index in [0.29, 0.717) is 19.0 Å². The number of nitrogens with one attached hydrogen (secondary N) is 2. The number of halogens is 1. The Bertz CT molecular complexity index is 421. The molecule has 1 amide bonds. The van der Waals surface area contributed by atoms with E-state index >= 15 is 0 Å². The van der Waals surface area contributed by atoms with Crippen LogP contribution in [0.4, 0.5) is 0 Å². The lowest BCUT2D eigenvalue weighted by Crippen LogP contribution is -2.38. The van der Waals surface area contributed by atoms with Crippen LogP contribution in [0.25, 0.3) is 0 Å². The second-order valence-electron chi connectivity index (χ2n) is 5.19. The van der Waals surface area contributed by atoms with E-state index in [0.717, 1.165) is 13.0 Å². The van der Waals surface area contributed by atoms with Gasteiger partial charge in [-0.2, -0.15) is 0 Å². The van der Waals surface area contributed by atoms with Gasteiger partial charge in [-0.25, -0.2) is 0 Å². The Morgan fingerprint density at radius 1 is 1.30 bits per heavy atom. The molecule has 3 nitrogen and oxygen atoms in total. The summed E-state index contributed by atoms with van der Waals surface area (Å²) in [7, 11) is 0. The minimum absolute atomic E-state index is 0. The van der Waals surface area contributed by atoms with E-state index in [1.807, 2.05) is 0 Å². The van der Waals surface area contributed by atoms with Crippen molar-refractivity contribution in [3.05, 3.63) is 34.9 Å². The fraction of sp³-hybridized carbons (Fsp3) is 0.562. The van der Waals surface area contributed by atoms with E-state index in [1.54, 1.807) is 0 Å². The highest BCUT2D eigenvalue weighted by atomic mass is 35.5. The van der Waals surface area contributed by atoms with Gasteiger partial charge < -0.3 is 10.6 Å². The number of aryl methyl sites for hydroxylation is 3. The monoisotopic (exact) mass is 298 g/mol. The molecule has 0 unspecified atom stereocenters. The number of carbonyl (C=O) groups excluding carboxylic acids is 1. The molecule has 0 heterocycles. The lowest BCUT2D eigenvalue weighted by molar-refractivity contribution is -0.121. The Morgan fingerprint density at radius 2 is 2.00 bits per heavy atom. The van der Waals surface area contributed by atoms with Gasteiger partial charge in [0.25, 0.3) is 0 Å². The maximum absolute atomic E-state index is 11.8. The zero-order chi connectivity index (χ0) is 14.3. The summed E-state index contributed by atoms with van der Waals surface area (Å²) in [5.41, 5.74) is 3.81. The molecule has 0 aliphatic heterocycles. The molecular formula is C16H27ClN2O. The quantitative estimate of drug-likeness (QED) is 0.813. The second-order valence-corrected chi connectivity index (χ2v) is 5.19. The van der Waals surface area contributed by atoms with Gasteiger partial charge in [0.1, 0.15) is 0 Å². The molecular weight excluding hydrogens is 272 g/mol. The molecule has 20 heavy (non-hydrogen) atoms. The summed E-state index contributed by atoms with van der Waals surface area (Å²) < 4.78 is 0. The fourth-order valence-corrected chi connectivity index (χ4v) is 2.15. The molecule has 1 rings (SSSR count). The van der Waals surface area contributed by atoms with Crippen LogP contribution in [0.5, 0.6) is 0 Å². The maximum atomic E-state index is 11.8. The zero-order valence-electron chi connectivity index (χ0n) is 13.0. The predicted octanol–water partition coefficient (Wildman–Crippen LogP) is 2.77. The van der Waals surface area contributed by atoms with E-state index in [1.165, 1.54) is 16.7 Å². The molecule has 1 aromatic carbocycles. The molecule has 0 aliphatic carbocycles. The van der Waals surface area contributed by atoms with E-state index in [4.69, 9.17) is 0 Å². The summed E-state index contributed by atoms with van der Waals surface area (Å²) in [6.07, 6.45) is 1.37. The van der Waals surface area contributed by atoms with Crippen LogP contribution in [0, 0.1) is 13.8 Å². The molecule has 114 valence electrons. The molecule has 0 fully saturated rings. The van der Waals surface area contributed by atoms with Gasteiger partial charge in [-0.15, -0.1) is 12.4 Å². The summed E-state index contributed by atoms with van der Waals surface area (Å²) in [4.78, 5) is 11.8. The summed E-state index contributed by atoms with van der Waals surface area (Å²) in [6.45, 7) is 9.96. The summed E-state index contributed by atoms with van der Waals surface area (Å²) in [6, 6.07) is 6.72. The van der Waals surface area contributed by atoms with Gasteiger partial charge in [0, 0.05) is 19.0 Å². The number of hydrogen-bond acceptors (Lipinski definition) is 2. The molecule has 4 heteroatoms. The molecule has 0 spiro atoms. The van der Waals surface area contributed by atoms with Gasteiger partial charge in [-0.3, -0.25) is 4.79 Å². The highest BCUT2D eigenvalue weighted by Gasteiger charge is 2.06. The van der Waals surface area contributed by atoms with Gasteiger partial charge in [0.05, 0.1) is 0 Å². The number of rotatable bonds is 7. The third-order valence-corrected chi connectivity index (χ3v) is 3.28. The van der Waals surface area contributed by atoms with Crippen LogP contribution in [0.3, 0.4) is 0 Å².